The van der Waals surface area contributed by atoms with Gasteiger partial charge in [-0.2, -0.15) is 0 Å². The van der Waals surface area contributed by atoms with Crippen molar-refractivity contribution in [1.82, 2.24) is 4.72 Å². The Labute approximate surface area is 114 Å². The highest BCUT2D eigenvalue weighted by Gasteiger charge is 2.23. The van der Waals surface area contributed by atoms with E-state index in [1.54, 1.807) is 24.3 Å². The first-order valence-electron chi connectivity index (χ1n) is 6.42. The molecule has 5 nitrogen and oxygen atoms in total. The van der Waals surface area contributed by atoms with Gasteiger partial charge >= 0.3 is 0 Å². The second-order valence-electron chi connectivity index (χ2n) is 4.74. The van der Waals surface area contributed by atoms with Crippen LogP contribution in [0.15, 0.2) is 29.2 Å². The van der Waals surface area contributed by atoms with Gasteiger partial charge in [0.15, 0.2) is 0 Å². The van der Waals surface area contributed by atoms with Crippen molar-refractivity contribution in [2.75, 3.05) is 25.5 Å². The van der Waals surface area contributed by atoms with Gasteiger partial charge < -0.3 is 10.1 Å². The molecule has 1 aliphatic heterocycles. The van der Waals surface area contributed by atoms with Gasteiger partial charge in [0, 0.05) is 24.8 Å². The molecule has 0 saturated carbocycles. The summed E-state index contributed by atoms with van der Waals surface area (Å²) in [5, 5.41) is 3.32. The second kappa shape index (κ2) is 5.90. The Bertz CT molecular complexity index is 513. The molecule has 2 rings (SSSR count). The van der Waals surface area contributed by atoms with Gasteiger partial charge in [-0.25, -0.2) is 13.1 Å². The normalized spacial score (nSPS) is 23.5. The maximum atomic E-state index is 11.6. The van der Waals surface area contributed by atoms with Crippen LogP contribution in [0.25, 0.3) is 0 Å². The number of rotatable bonds is 5. The van der Waals surface area contributed by atoms with Gasteiger partial charge in [-0.1, -0.05) is 0 Å². The molecule has 2 atom stereocenters. The molecule has 1 aliphatic rings. The van der Waals surface area contributed by atoms with Crippen molar-refractivity contribution in [3.8, 4) is 0 Å². The smallest absolute Gasteiger partial charge is 0.240 e. The lowest BCUT2D eigenvalue weighted by molar-refractivity contribution is 0.108. The molecule has 0 aromatic heterocycles. The minimum atomic E-state index is -3.35. The van der Waals surface area contributed by atoms with Gasteiger partial charge in [0.2, 0.25) is 10.0 Å². The molecule has 2 unspecified atom stereocenters. The maximum Gasteiger partial charge on any atom is 0.240 e. The van der Waals surface area contributed by atoms with Crippen LogP contribution in [-0.4, -0.2) is 34.7 Å². The van der Waals surface area contributed by atoms with Crippen molar-refractivity contribution in [3.63, 3.8) is 0 Å². The summed E-state index contributed by atoms with van der Waals surface area (Å²) in [7, 11) is -1.95. The number of anilines is 1. The van der Waals surface area contributed by atoms with Crippen molar-refractivity contribution < 1.29 is 13.2 Å². The molecular formula is C13H20N2O3S. The molecule has 19 heavy (non-hydrogen) atoms. The van der Waals surface area contributed by atoms with E-state index in [2.05, 4.69) is 17.0 Å². The van der Waals surface area contributed by atoms with E-state index in [4.69, 9.17) is 4.74 Å². The first-order valence-corrected chi connectivity index (χ1v) is 7.90. The predicted octanol–water partition coefficient (Wildman–Crippen LogP) is 1.43. The molecule has 2 N–H and O–H groups in total. The van der Waals surface area contributed by atoms with Gasteiger partial charge in [-0.05, 0) is 44.7 Å². The zero-order valence-electron chi connectivity index (χ0n) is 11.2. The second-order valence-corrected chi connectivity index (χ2v) is 6.62. The Morgan fingerprint density at radius 3 is 2.53 bits per heavy atom. The van der Waals surface area contributed by atoms with E-state index in [1.807, 2.05) is 0 Å². The summed E-state index contributed by atoms with van der Waals surface area (Å²) in [6.07, 6.45) is 1.36. The quantitative estimate of drug-likeness (QED) is 0.858. The van der Waals surface area contributed by atoms with Crippen molar-refractivity contribution >= 4 is 15.7 Å². The Balaban J connectivity index is 1.96. The topological polar surface area (TPSA) is 67.4 Å². The molecule has 1 heterocycles. The summed E-state index contributed by atoms with van der Waals surface area (Å²) < 4.78 is 30.9. The van der Waals surface area contributed by atoms with E-state index >= 15 is 0 Å². The number of hydrogen-bond acceptors (Lipinski definition) is 4. The van der Waals surface area contributed by atoms with Crippen LogP contribution in [0, 0.1) is 5.92 Å². The maximum absolute atomic E-state index is 11.6. The average Bonchev–Trinajstić information content (AvgIpc) is 2.82. The van der Waals surface area contributed by atoms with Crippen LogP contribution in [0.4, 0.5) is 5.69 Å². The Kier molecular flexibility index (Phi) is 4.44. The molecule has 1 saturated heterocycles. The zero-order chi connectivity index (χ0) is 13.9. The van der Waals surface area contributed by atoms with E-state index in [0.29, 0.717) is 5.92 Å². The minimum Gasteiger partial charge on any atom is -0.385 e. The van der Waals surface area contributed by atoms with Crippen molar-refractivity contribution in [2.45, 2.75) is 24.3 Å². The molecule has 0 bridgehead atoms. The monoisotopic (exact) mass is 284 g/mol. The first-order chi connectivity index (χ1) is 9.03. The first kappa shape index (κ1) is 14.3. The highest BCUT2D eigenvalue weighted by molar-refractivity contribution is 7.89. The van der Waals surface area contributed by atoms with Gasteiger partial charge in [-0.3, -0.25) is 0 Å². The van der Waals surface area contributed by atoms with Crippen LogP contribution in [0.1, 0.15) is 13.3 Å². The van der Waals surface area contributed by atoms with E-state index in [0.717, 1.165) is 25.3 Å². The predicted molar refractivity (Wildman–Crippen MR) is 74.7 cm³/mol. The van der Waals surface area contributed by atoms with Crippen molar-refractivity contribution in [2.24, 2.45) is 5.92 Å². The summed E-state index contributed by atoms with van der Waals surface area (Å²) in [6, 6.07) is 6.76. The fraction of sp³-hybridized carbons (Fsp3) is 0.538. The average molecular weight is 284 g/mol. The van der Waals surface area contributed by atoms with Crippen molar-refractivity contribution in [1.29, 1.82) is 0 Å². The van der Waals surface area contributed by atoms with Crippen LogP contribution in [0.5, 0.6) is 0 Å². The number of ether oxygens (including phenoxy) is 1. The number of sulfonamides is 1. The van der Waals surface area contributed by atoms with Crippen LogP contribution in [0.3, 0.4) is 0 Å². The van der Waals surface area contributed by atoms with Crippen molar-refractivity contribution in [3.05, 3.63) is 24.3 Å². The third-order valence-corrected chi connectivity index (χ3v) is 4.97. The summed E-state index contributed by atoms with van der Waals surface area (Å²) in [5.74, 6) is 0.515. The summed E-state index contributed by atoms with van der Waals surface area (Å²) in [6.45, 7) is 3.76. The highest BCUT2D eigenvalue weighted by atomic mass is 32.2. The number of nitrogens with one attached hydrogen (secondary N) is 2. The molecule has 0 radical (unpaired) electrons. The van der Waals surface area contributed by atoms with Gasteiger partial charge in [-0.15, -0.1) is 0 Å². The summed E-state index contributed by atoms with van der Waals surface area (Å²) >= 11 is 0. The Morgan fingerprint density at radius 1 is 1.32 bits per heavy atom. The lowest BCUT2D eigenvalue weighted by atomic mass is 10.0. The molecule has 106 valence electrons. The number of benzene rings is 1. The lowest BCUT2D eigenvalue weighted by Crippen LogP contribution is -2.21. The van der Waals surface area contributed by atoms with Crippen LogP contribution in [-0.2, 0) is 14.8 Å². The molecule has 0 aliphatic carbocycles. The van der Waals surface area contributed by atoms with E-state index in [-0.39, 0.29) is 11.0 Å². The molecule has 1 aromatic carbocycles. The largest absolute Gasteiger partial charge is 0.385 e. The molecule has 6 heteroatoms. The van der Waals surface area contributed by atoms with Crippen LogP contribution < -0.4 is 10.0 Å². The van der Waals surface area contributed by atoms with E-state index in [1.165, 1.54) is 7.05 Å². The number of hydrogen-bond donors (Lipinski definition) is 2. The highest BCUT2D eigenvalue weighted by Crippen LogP contribution is 2.21. The van der Waals surface area contributed by atoms with E-state index in [9.17, 15) is 8.42 Å². The molecule has 1 fully saturated rings. The summed E-state index contributed by atoms with van der Waals surface area (Å²) in [5.41, 5.74) is 0.925. The standard InChI is InChI=1S/C13H20N2O3S/c1-10-11(7-8-18-10)9-15-12-3-5-13(6-4-12)19(16,17)14-2/h3-6,10-11,14-15H,7-9H2,1-2H3. The Morgan fingerprint density at radius 2 is 2.00 bits per heavy atom. The van der Waals surface area contributed by atoms with Gasteiger partial charge in [0.25, 0.3) is 0 Å². The fourth-order valence-corrected chi connectivity index (χ4v) is 2.89. The lowest BCUT2D eigenvalue weighted by Gasteiger charge is -2.15. The molecule has 0 spiro atoms. The molecule has 1 aromatic rings. The molecule has 0 amide bonds. The Hall–Kier alpha value is -1.11. The van der Waals surface area contributed by atoms with E-state index < -0.39 is 10.0 Å². The zero-order valence-corrected chi connectivity index (χ0v) is 12.0. The van der Waals surface area contributed by atoms with Crippen LogP contribution in [0.2, 0.25) is 0 Å². The third kappa shape index (κ3) is 3.46. The molecular weight excluding hydrogens is 264 g/mol. The summed E-state index contributed by atoms with van der Waals surface area (Å²) in [4.78, 5) is 0.276. The minimum absolute atomic E-state index is 0.276. The van der Waals surface area contributed by atoms with Gasteiger partial charge in [0.05, 0.1) is 11.0 Å². The fourth-order valence-electron chi connectivity index (χ4n) is 2.16. The SMILES string of the molecule is CNS(=O)(=O)c1ccc(NCC2CCOC2C)cc1. The third-order valence-electron chi connectivity index (χ3n) is 3.53. The van der Waals surface area contributed by atoms with Gasteiger partial charge in [0.1, 0.15) is 0 Å². The van der Waals surface area contributed by atoms with Crippen LogP contribution >= 0.6 is 0 Å².